The van der Waals surface area contributed by atoms with Gasteiger partial charge in [0.05, 0.1) is 5.56 Å². The van der Waals surface area contributed by atoms with Crippen molar-refractivity contribution < 1.29 is 15.0 Å². The Morgan fingerprint density at radius 3 is 2.86 bits per heavy atom. The van der Waals surface area contributed by atoms with E-state index < -0.39 is 5.97 Å². The molecule has 3 heteroatoms. The molecule has 72 valence electrons. The van der Waals surface area contributed by atoms with Crippen LogP contribution in [0.2, 0.25) is 0 Å². The Balaban J connectivity index is 2.88. The number of phenols is 1. The second-order valence-corrected chi connectivity index (χ2v) is 2.89. The summed E-state index contributed by atoms with van der Waals surface area (Å²) in [6.07, 6.45) is -0.215. The van der Waals surface area contributed by atoms with E-state index in [9.17, 15) is 9.90 Å². The summed E-state index contributed by atoms with van der Waals surface area (Å²) >= 11 is 0. The molecule has 0 fully saturated rings. The fourth-order valence-corrected chi connectivity index (χ4v) is 0.965. The minimum Gasteiger partial charge on any atom is -0.507 e. The van der Waals surface area contributed by atoms with Crippen molar-refractivity contribution in [3.05, 3.63) is 29.3 Å². The first-order chi connectivity index (χ1) is 6.59. The number of hydrogen-bond acceptors (Lipinski definition) is 2. The molecule has 14 heavy (non-hydrogen) atoms. The molecule has 0 radical (unpaired) electrons. The van der Waals surface area contributed by atoms with E-state index in [-0.39, 0.29) is 12.2 Å². The lowest BCUT2D eigenvalue weighted by molar-refractivity contribution is -0.135. The van der Waals surface area contributed by atoms with Crippen LogP contribution in [0, 0.1) is 18.8 Å². The molecule has 0 heterocycles. The number of aryl methyl sites for hydroxylation is 1. The Bertz CT molecular complexity index is 410. The molecule has 0 saturated carbocycles. The molecule has 0 aliphatic carbocycles. The van der Waals surface area contributed by atoms with Crippen molar-refractivity contribution in [2.75, 3.05) is 0 Å². The average Bonchev–Trinajstić information content (AvgIpc) is 2.10. The van der Waals surface area contributed by atoms with E-state index in [0.717, 1.165) is 5.56 Å². The summed E-state index contributed by atoms with van der Waals surface area (Å²) < 4.78 is 0. The lowest BCUT2D eigenvalue weighted by atomic mass is 10.1. The van der Waals surface area contributed by atoms with Gasteiger partial charge in [0.1, 0.15) is 12.2 Å². The summed E-state index contributed by atoms with van der Waals surface area (Å²) in [5.41, 5.74) is 1.44. The number of rotatable bonds is 1. The molecule has 1 aromatic rings. The number of carboxylic acid groups (broad SMARTS) is 1. The van der Waals surface area contributed by atoms with Gasteiger partial charge in [0, 0.05) is 0 Å². The quantitative estimate of drug-likeness (QED) is 0.660. The maximum absolute atomic E-state index is 10.2. The van der Waals surface area contributed by atoms with E-state index >= 15 is 0 Å². The Labute approximate surface area is 82.0 Å². The van der Waals surface area contributed by atoms with Gasteiger partial charge in [0.2, 0.25) is 0 Å². The SMILES string of the molecule is Cc1ccc(O)c(C#CCC(=O)O)c1. The van der Waals surface area contributed by atoms with Gasteiger partial charge in [-0.3, -0.25) is 4.79 Å². The van der Waals surface area contributed by atoms with Crippen molar-refractivity contribution in [1.29, 1.82) is 0 Å². The molecule has 1 rings (SSSR count). The second kappa shape index (κ2) is 4.33. The van der Waals surface area contributed by atoms with Crippen LogP contribution in [0.3, 0.4) is 0 Å². The maximum Gasteiger partial charge on any atom is 0.315 e. The average molecular weight is 190 g/mol. The molecule has 3 nitrogen and oxygen atoms in total. The standard InChI is InChI=1S/C11H10O3/c1-8-5-6-10(12)9(7-8)3-2-4-11(13)14/h5-7,12H,4H2,1H3,(H,13,14). The zero-order chi connectivity index (χ0) is 10.6. The van der Waals surface area contributed by atoms with Crippen LogP contribution in [0.25, 0.3) is 0 Å². The zero-order valence-electron chi connectivity index (χ0n) is 7.74. The number of hydrogen-bond donors (Lipinski definition) is 2. The van der Waals surface area contributed by atoms with Crippen molar-refractivity contribution in [3.8, 4) is 17.6 Å². The van der Waals surface area contributed by atoms with Gasteiger partial charge in [-0.25, -0.2) is 0 Å². The van der Waals surface area contributed by atoms with Crippen molar-refractivity contribution in [3.63, 3.8) is 0 Å². The van der Waals surface area contributed by atoms with Gasteiger partial charge in [0.15, 0.2) is 0 Å². The Morgan fingerprint density at radius 1 is 1.50 bits per heavy atom. The fourth-order valence-electron chi connectivity index (χ4n) is 0.965. The summed E-state index contributed by atoms with van der Waals surface area (Å²) in [4.78, 5) is 10.2. The van der Waals surface area contributed by atoms with Crippen LogP contribution in [0.15, 0.2) is 18.2 Å². The highest BCUT2D eigenvalue weighted by Crippen LogP contribution is 2.16. The number of carbonyl (C=O) groups is 1. The molecule has 0 atom stereocenters. The predicted octanol–water partition coefficient (Wildman–Crippen LogP) is 1.53. The predicted molar refractivity (Wildman–Crippen MR) is 52.0 cm³/mol. The number of benzene rings is 1. The van der Waals surface area contributed by atoms with Crippen LogP contribution in [-0.2, 0) is 4.79 Å². The minimum absolute atomic E-state index is 0.0773. The summed E-state index contributed by atoms with van der Waals surface area (Å²) in [6.45, 7) is 1.88. The molecule has 0 unspecified atom stereocenters. The molecule has 0 spiro atoms. The minimum atomic E-state index is -0.968. The van der Waals surface area contributed by atoms with Crippen LogP contribution in [0.5, 0.6) is 5.75 Å². The first kappa shape index (κ1) is 10.1. The Hall–Kier alpha value is -1.95. The van der Waals surface area contributed by atoms with Crippen molar-refractivity contribution >= 4 is 5.97 Å². The molecule has 0 saturated heterocycles. The van der Waals surface area contributed by atoms with Gasteiger partial charge in [-0.2, -0.15) is 0 Å². The second-order valence-electron chi connectivity index (χ2n) is 2.89. The monoisotopic (exact) mass is 190 g/mol. The van der Waals surface area contributed by atoms with Gasteiger partial charge >= 0.3 is 5.97 Å². The smallest absolute Gasteiger partial charge is 0.315 e. The van der Waals surface area contributed by atoms with Crippen LogP contribution >= 0.6 is 0 Å². The topological polar surface area (TPSA) is 57.5 Å². The summed E-state index contributed by atoms with van der Waals surface area (Å²) in [5.74, 6) is 4.17. The highest BCUT2D eigenvalue weighted by molar-refractivity contribution is 5.70. The van der Waals surface area contributed by atoms with E-state index in [1.807, 2.05) is 6.92 Å². The van der Waals surface area contributed by atoms with Crippen LogP contribution in [0.1, 0.15) is 17.5 Å². The van der Waals surface area contributed by atoms with E-state index in [1.165, 1.54) is 0 Å². The first-order valence-corrected chi connectivity index (χ1v) is 4.10. The molecular formula is C11H10O3. The largest absolute Gasteiger partial charge is 0.507 e. The molecule has 0 bridgehead atoms. The van der Waals surface area contributed by atoms with Crippen LogP contribution in [0.4, 0.5) is 0 Å². The number of phenolic OH excluding ortho intramolecular Hbond substituents is 1. The molecule has 0 amide bonds. The normalized spacial score (nSPS) is 8.93. The maximum atomic E-state index is 10.2. The zero-order valence-corrected chi connectivity index (χ0v) is 7.74. The molecule has 1 aromatic carbocycles. The highest BCUT2D eigenvalue weighted by atomic mass is 16.4. The molecule has 0 aromatic heterocycles. The van der Waals surface area contributed by atoms with E-state index in [2.05, 4.69) is 11.8 Å². The van der Waals surface area contributed by atoms with Gasteiger partial charge < -0.3 is 10.2 Å². The fraction of sp³-hybridized carbons (Fsp3) is 0.182. The number of aliphatic carboxylic acids is 1. The Kier molecular flexibility index (Phi) is 3.14. The Morgan fingerprint density at radius 2 is 2.21 bits per heavy atom. The molecule has 2 N–H and O–H groups in total. The third-order valence-corrected chi connectivity index (χ3v) is 1.61. The van der Waals surface area contributed by atoms with E-state index in [4.69, 9.17) is 5.11 Å². The van der Waals surface area contributed by atoms with Gasteiger partial charge in [0.25, 0.3) is 0 Å². The van der Waals surface area contributed by atoms with Gasteiger partial charge in [-0.1, -0.05) is 17.9 Å². The molecule has 0 aliphatic heterocycles. The van der Waals surface area contributed by atoms with Crippen molar-refractivity contribution in [1.82, 2.24) is 0 Å². The highest BCUT2D eigenvalue weighted by Gasteiger charge is 1.97. The number of carboxylic acids is 1. The lowest BCUT2D eigenvalue weighted by Crippen LogP contribution is -1.90. The molecule has 0 aliphatic rings. The van der Waals surface area contributed by atoms with Crippen LogP contribution < -0.4 is 0 Å². The summed E-state index contributed by atoms with van der Waals surface area (Å²) in [7, 11) is 0. The van der Waals surface area contributed by atoms with Gasteiger partial charge in [-0.15, -0.1) is 0 Å². The molecular weight excluding hydrogens is 180 g/mol. The van der Waals surface area contributed by atoms with E-state index in [0.29, 0.717) is 5.56 Å². The third-order valence-electron chi connectivity index (χ3n) is 1.61. The number of aromatic hydroxyl groups is 1. The third kappa shape index (κ3) is 2.83. The summed E-state index contributed by atoms with van der Waals surface area (Å²) in [5, 5.41) is 17.7. The van der Waals surface area contributed by atoms with Crippen LogP contribution in [-0.4, -0.2) is 16.2 Å². The first-order valence-electron chi connectivity index (χ1n) is 4.10. The van der Waals surface area contributed by atoms with E-state index in [1.54, 1.807) is 18.2 Å². The van der Waals surface area contributed by atoms with Crippen molar-refractivity contribution in [2.45, 2.75) is 13.3 Å². The van der Waals surface area contributed by atoms with Gasteiger partial charge in [-0.05, 0) is 24.6 Å². The summed E-state index contributed by atoms with van der Waals surface area (Å²) in [6, 6.07) is 5.02. The van der Waals surface area contributed by atoms with Crippen molar-refractivity contribution in [2.24, 2.45) is 0 Å². The lowest BCUT2D eigenvalue weighted by Gasteiger charge is -1.97.